The Balaban J connectivity index is 2.68. The molecule has 1 aromatic rings. The van der Waals surface area contributed by atoms with Gasteiger partial charge in [-0.2, -0.15) is 0 Å². The van der Waals surface area contributed by atoms with E-state index in [0.29, 0.717) is 12.8 Å². The molecule has 1 rings (SSSR count). The highest BCUT2D eigenvalue weighted by Crippen LogP contribution is 2.16. The van der Waals surface area contributed by atoms with E-state index in [4.69, 9.17) is 5.11 Å². The zero-order chi connectivity index (χ0) is 15.1. The van der Waals surface area contributed by atoms with Gasteiger partial charge < -0.3 is 15.7 Å². The van der Waals surface area contributed by atoms with E-state index in [1.54, 1.807) is 6.92 Å². The highest BCUT2D eigenvalue weighted by atomic mass is 16.6. The molecule has 8 nitrogen and oxygen atoms in total. The number of non-ortho nitro benzene ring substituents is 1. The Hall–Kier alpha value is -2.64. The number of nitro benzene ring substituents is 1. The number of carboxylic acid groups (broad SMARTS) is 1. The molecule has 0 fully saturated rings. The lowest BCUT2D eigenvalue weighted by atomic mass is 10.2. The summed E-state index contributed by atoms with van der Waals surface area (Å²) < 4.78 is 0. The quantitative estimate of drug-likeness (QED) is 0.543. The summed E-state index contributed by atoms with van der Waals surface area (Å²) in [5.74, 6) is -1.12. The van der Waals surface area contributed by atoms with Crippen molar-refractivity contribution in [1.82, 2.24) is 5.32 Å². The molecular weight excluding hydrogens is 266 g/mol. The molecule has 1 aromatic carbocycles. The van der Waals surface area contributed by atoms with E-state index in [1.165, 1.54) is 24.3 Å². The molecule has 3 N–H and O–H groups in total. The van der Waals surface area contributed by atoms with Crippen LogP contribution in [0.2, 0.25) is 0 Å². The van der Waals surface area contributed by atoms with Crippen molar-refractivity contribution in [3.63, 3.8) is 0 Å². The van der Waals surface area contributed by atoms with Gasteiger partial charge >= 0.3 is 12.0 Å². The second-order valence-electron chi connectivity index (χ2n) is 4.09. The number of nitrogens with zero attached hydrogens (tertiary/aromatic N) is 1. The number of anilines is 1. The fraction of sp³-hybridized carbons (Fsp3) is 0.333. The van der Waals surface area contributed by atoms with Crippen molar-refractivity contribution >= 4 is 23.4 Å². The molecule has 1 atom stereocenters. The van der Waals surface area contributed by atoms with Gasteiger partial charge in [-0.15, -0.1) is 0 Å². The molecule has 0 unspecified atom stereocenters. The van der Waals surface area contributed by atoms with E-state index < -0.39 is 23.0 Å². The van der Waals surface area contributed by atoms with Crippen molar-refractivity contribution in [2.24, 2.45) is 0 Å². The Kier molecular flexibility index (Phi) is 5.45. The minimum Gasteiger partial charge on any atom is -0.480 e. The second-order valence-corrected chi connectivity index (χ2v) is 4.09. The SMILES string of the molecule is CCC[C@H](NC(=O)Nc1cccc([N+](=O)[O-])c1)C(=O)O. The van der Waals surface area contributed by atoms with Crippen LogP contribution in [0.1, 0.15) is 19.8 Å². The number of aliphatic carboxylic acids is 1. The van der Waals surface area contributed by atoms with E-state index in [1.807, 2.05) is 0 Å². The molecule has 0 aliphatic rings. The number of hydrogen-bond donors (Lipinski definition) is 3. The van der Waals surface area contributed by atoms with Crippen LogP contribution in [-0.2, 0) is 4.79 Å². The van der Waals surface area contributed by atoms with Crippen LogP contribution in [0, 0.1) is 10.1 Å². The average molecular weight is 281 g/mol. The Bertz CT molecular complexity index is 518. The van der Waals surface area contributed by atoms with Crippen molar-refractivity contribution in [1.29, 1.82) is 0 Å². The number of urea groups is 1. The van der Waals surface area contributed by atoms with Gasteiger partial charge in [0.15, 0.2) is 0 Å². The topological polar surface area (TPSA) is 122 Å². The Morgan fingerprint density at radius 3 is 2.70 bits per heavy atom. The lowest BCUT2D eigenvalue weighted by Gasteiger charge is -2.14. The second kappa shape index (κ2) is 7.07. The first kappa shape index (κ1) is 15.4. The molecule has 0 bridgehead atoms. The molecule has 0 spiro atoms. The number of benzene rings is 1. The summed E-state index contributed by atoms with van der Waals surface area (Å²) in [7, 11) is 0. The summed E-state index contributed by atoms with van der Waals surface area (Å²) in [6.07, 6.45) is 0.908. The Morgan fingerprint density at radius 2 is 2.15 bits per heavy atom. The van der Waals surface area contributed by atoms with Crippen LogP contribution in [0.3, 0.4) is 0 Å². The van der Waals surface area contributed by atoms with Gasteiger partial charge in [0.05, 0.1) is 4.92 Å². The normalized spacial score (nSPS) is 11.4. The van der Waals surface area contributed by atoms with Crippen molar-refractivity contribution in [3.8, 4) is 0 Å². The summed E-state index contributed by atoms with van der Waals surface area (Å²) in [5, 5.41) is 24.2. The molecule has 0 aliphatic carbocycles. The molecule has 0 heterocycles. The van der Waals surface area contributed by atoms with Crippen molar-refractivity contribution in [2.45, 2.75) is 25.8 Å². The highest BCUT2D eigenvalue weighted by molar-refractivity contribution is 5.92. The van der Waals surface area contributed by atoms with Crippen molar-refractivity contribution in [2.75, 3.05) is 5.32 Å². The summed E-state index contributed by atoms with van der Waals surface area (Å²) >= 11 is 0. The van der Waals surface area contributed by atoms with Crippen LogP contribution in [0.25, 0.3) is 0 Å². The zero-order valence-electron chi connectivity index (χ0n) is 10.8. The maximum Gasteiger partial charge on any atom is 0.326 e. The molecule has 20 heavy (non-hydrogen) atoms. The first-order valence-corrected chi connectivity index (χ1v) is 5.98. The maximum atomic E-state index is 11.6. The van der Waals surface area contributed by atoms with E-state index in [9.17, 15) is 19.7 Å². The monoisotopic (exact) mass is 281 g/mol. The van der Waals surface area contributed by atoms with Gasteiger partial charge in [0.1, 0.15) is 6.04 Å². The fourth-order valence-electron chi connectivity index (χ4n) is 1.57. The van der Waals surface area contributed by atoms with Crippen molar-refractivity contribution in [3.05, 3.63) is 34.4 Å². The van der Waals surface area contributed by atoms with E-state index in [0.717, 1.165) is 0 Å². The molecule has 2 amide bonds. The van der Waals surface area contributed by atoms with Gasteiger partial charge in [0.25, 0.3) is 5.69 Å². The fourth-order valence-corrected chi connectivity index (χ4v) is 1.57. The first-order valence-electron chi connectivity index (χ1n) is 5.98. The Morgan fingerprint density at radius 1 is 1.45 bits per heavy atom. The summed E-state index contributed by atoms with van der Waals surface area (Å²) in [5.41, 5.74) is 0.0588. The third kappa shape index (κ3) is 4.56. The standard InChI is InChI=1S/C12H15N3O5/c1-2-4-10(11(16)17)14-12(18)13-8-5-3-6-9(7-8)15(19)20/h3,5-7,10H,2,4H2,1H3,(H,16,17)(H2,13,14,18)/t10-/m0/s1. The predicted molar refractivity (Wildman–Crippen MR) is 71.6 cm³/mol. The molecule has 108 valence electrons. The van der Waals surface area contributed by atoms with Gasteiger partial charge in [-0.1, -0.05) is 19.4 Å². The van der Waals surface area contributed by atoms with E-state index in [2.05, 4.69) is 10.6 Å². The summed E-state index contributed by atoms with van der Waals surface area (Å²) in [6.45, 7) is 1.80. The molecular formula is C12H15N3O5. The van der Waals surface area contributed by atoms with Crippen molar-refractivity contribution < 1.29 is 19.6 Å². The number of rotatable bonds is 6. The molecule has 0 aliphatic heterocycles. The number of nitrogens with one attached hydrogen (secondary N) is 2. The number of carbonyl (C=O) groups is 2. The Labute approximate surface area is 114 Å². The number of hydrogen-bond acceptors (Lipinski definition) is 4. The van der Waals surface area contributed by atoms with Gasteiger partial charge in [0, 0.05) is 17.8 Å². The lowest BCUT2D eigenvalue weighted by molar-refractivity contribution is -0.384. The highest BCUT2D eigenvalue weighted by Gasteiger charge is 2.18. The molecule has 8 heteroatoms. The van der Waals surface area contributed by atoms with E-state index in [-0.39, 0.29) is 11.4 Å². The summed E-state index contributed by atoms with van der Waals surface area (Å²) in [6, 6.07) is 3.68. The number of carbonyl (C=O) groups excluding carboxylic acids is 1. The molecule has 0 aromatic heterocycles. The lowest BCUT2D eigenvalue weighted by Crippen LogP contribution is -2.42. The maximum absolute atomic E-state index is 11.6. The first-order chi connectivity index (χ1) is 9.43. The van der Waals surface area contributed by atoms with Gasteiger partial charge in [0.2, 0.25) is 0 Å². The van der Waals surface area contributed by atoms with Gasteiger partial charge in [-0.05, 0) is 12.5 Å². The third-order valence-corrected chi connectivity index (χ3v) is 2.50. The summed E-state index contributed by atoms with van der Waals surface area (Å²) in [4.78, 5) is 32.5. The predicted octanol–water partition coefficient (Wildman–Crippen LogP) is 1.97. The minimum absolute atomic E-state index is 0.161. The van der Waals surface area contributed by atoms with Gasteiger partial charge in [-0.3, -0.25) is 10.1 Å². The molecule has 0 radical (unpaired) electrons. The van der Waals surface area contributed by atoms with E-state index >= 15 is 0 Å². The zero-order valence-corrected chi connectivity index (χ0v) is 10.8. The van der Waals surface area contributed by atoms with Crippen LogP contribution in [0.4, 0.5) is 16.2 Å². The minimum atomic E-state index is -1.12. The van der Waals surface area contributed by atoms with Crippen LogP contribution < -0.4 is 10.6 Å². The van der Waals surface area contributed by atoms with Crippen LogP contribution in [-0.4, -0.2) is 28.1 Å². The number of amides is 2. The number of carboxylic acids is 1. The van der Waals surface area contributed by atoms with Gasteiger partial charge in [-0.25, -0.2) is 9.59 Å². The third-order valence-electron chi connectivity index (χ3n) is 2.50. The largest absolute Gasteiger partial charge is 0.480 e. The molecule has 0 saturated carbocycles. The number of nitro groups is 1. The van der Waals surface area contributed by atoms with Crippen LogP contribution in [0.5, 0.6) is 0 Å². The molecule has 0 saturated heterocycles. The van der Waals surface area contributed by atoms with Crippen LogP contribution >= 0.6 is 0 Å². The average Bonchev–Trinajstić information content (AvgIpc) is 2.38. The van der Waals surface area contributed by atoms with Crippen LogP contribution in [0.15, 0.2) is 24.3 Å². The smallest absolute Gasteiger partial charge is 0.326 e.